The van der Waals surface area contributed by atoms with Crippen molar-refractivity contribution in [2.45, 2.75) is 84.0 Å². The van der Waals surface area contributed by atoms with Gasteiger partial charge in [-0.3, -0.25) is 9.48 Å². The van der Waals surface area contributed by atoms with Gasteiger partial charge in [0.1, 0.15) is 23.6 Å². The third kappa shape index (κ3) is 9.48. The van der Waals surface area contributed by atoms with Gasteiger partial charge in [0, 0.05) is 35.2 Å². The number of benzene rings is 4. The first kappa shape index (κ1) is 39.6. The average Bonchev–Trinajstić information content (AvgIpc) is 3.47. The zero-order valence-corrected chi connectivity index (χ0v) is 32.0. The van der Waals surface area contributed by atoms with E-state index in [1.54, 1.807) is 86.1 Å². The highest BCUT2D eigenvalue weighted by atomic mass is 32.2. The number of amides is 1. The number of rotatable bonds is 13. The van der Waals surface area contributed by atoms with E-state index in [2.05, 4.69) is 0 Å². The minimum absolute atomic E-state index is 0.00135. The van der Waals surface area contributed by atoms with Crippen molar-refractivity contribution >= 4 is 27.9 Å². The summed E-state index contributed by atoms with van der Waals surface area (Å²) in [6.07, 6.45) is -0.305. The first-order valence-corrected chi connectivity index (χ1v) is 19.1. The predicted octanol–water partition coefficient (Wildman–Crippen LogP) is 8.61. The van der Waals surface area contributed by atoms with Gasteiger partial charge in [-0.2, -0.15) is 5.10 Å². The second-order valence-electron chi connectivity index (χ2n) is 14.2. The Morgan fingerprint density at radius 3 is 2.20 bits per heavy atom. The Hall–Kier alpha value is -5.62. The van der Waals surface area contributed by atoms with E-state index in [0.717, 1.165) is 6.42 Å². The van der Waals surface area contributed by atoms with E-state index in [-0.39, 0.29) is 40.8 Å². The molecule has 54 heavy (non-hydrogen) atoms. The van der Waals surface area contributed by atoms with Gasteiger partial charge in [-0.1, -0.05) is 99.6 Å². The Kier molecular flexibility index (Phi) is 12.2. The summed E-state index contributed by atoms with van der Waals surface area (Å²) in [5.74, 6) is -1.57. The number of ketones is 1. The van der Waals surface area contributed by atoms with Crippen LogP contribution in [0.3, 0.4) is 0 Å². The molecule has 1 heterocycles. The van der Waals surface area contributed by atoms with E-state index in [0.29, 0.717) is 45.7 Å². The van der Waals surface area contributed by atoms with Crippen LogP contribution in [0.2, 0.25) is 0 Å². The molecule has 0 spiro atoms. The summed E-state index contributed by atoms with van der Waals surface area (Å²) in [4.78, 5) is 39.0. The lowest BCUT2D eigenvalue weighted by Crippen LogP contribution is -2.36. The fourth-order valence-electron chi connectivity index (χ4n) is 5.97. The van der Waals surface area contributed by atoms with Crippen LogP contribution in [-0.4, -0.2) is 41.6 Å². The second-order valence-corrected chi connectivity index (χ2v) is 15.8. The van der Waals surface area contributed by atoms with Crippen molar-refractivity contribution in [2.75, 3.05) is 0 Å². The minimum Gasteiger partial charge on any atom is -0.457 e. The van der Waals surface area contributed by atoms with Gasteiger partial charge in [0.05, 0.1) is 16.3 Å². The third-order valence-electron chi connectivity index (χ3n) is 8.35. The van der Waals surface area contributed by atoms with Crippen LogP contribution in [-0.2, 0) is 39.1 Å². The summed E-state index contributed by atoms with van der Waals surface area (Å²) in [7, 11) is -4.43. The number of carbonyl (C=O) groups excluding carboxylic acids is 3. The Bertz CT molecular complexity index is 2280. The second kappa shape index (κ2) is 16.6. The van der Waals surface area contributed by atoms with Crippen LogP contribution >= 0.6 is 0 Å². The van der Waals surface area contributed by atoms with Gasteiger partial charge in [-0.15, -0.1) is 0 Å². The molecule has 282 valence electrons. The van der Waals surface area contributed by atoms with Gasteiger partial charge in [0.25, 0.3) is 10.0 Å². The van der Waals surface area contributed by atoms with Crippen molar-refractivity contribution in [3.05, 3.63) is 142 Å². The van der Waals surface area contributed by atoms with Gasteiger partial charge in [-0.25, -0.2) is 27.1 Å². The van der Waals surface area contributed by atoms with Crippen molar-refractivity contribution in [1.82, 2.24) is 14.5 Å². The molecule has 0 saturated carbocycles. The highest BCUT2D eigenvalue weighted by Gasteiger charge is 2.29. The van der Waals surface area contributed by atoms with Crippen molar-refractivity contribution in [3.8, 4) is 11.1 Å². The van der Waals surface area contributed by atoms with Gasteiger partial charge >= 0.3 is 12.1 Å². The molecule has 1 aromatic heterocycles. The van der Waals surface area contributed by atoms with Gasteiger partial charge < -0.3 is 9.47 Å². The molecule has 0 aliphatic heterocycles. The number of carbonyl (C=O) groups is 3. The number of aromatic nitrogens is 2. The fourth-order valence-corrected chi connectivity index (χ4v) is 7.06. The van der Waals surface area contributed by atoms with Crippen molar-refractivity contribution < 1.29 is 36.7 Å². The van der Waals surface area contributed by atoms with Crippen LogP contribution in [0.4, 0.5) is 9.18 Å². The highest BCUT2D eigenvalue weighted by molar-refractivity contribution is 7.90. The molecular weight excluding hydrogens is 710 g/mol. The van der Waals surface area contributed by atoms with E-state index < -0.39 is 33.5 Å². The SMILES string of the molecule is CCCn1nc(C(C)C)c(C(=O)OCc2cccc(C(=O)c3ccccc3)c2)c1Cc1ccc(-c2ccccc2S(=O)(=O)NC(=O)OC(C)(C)C)c(F)c1. The number of hydrogen-bond acceptors (Lipinski definition) is 8. The Labute approximate surface area is 315 Å². The Morgan fingerprint density at radius 2 is 1.54 bits per heavy atom. The summed E-state index contributed by atoms with van der Waals surface area (Å²) in [5.41, 5.74) is 2.68. The van der Waals surface area contributed by atoms with Crippen LogP contribution in [0.25, 0.3) is 11.1 Å². The first-order chi connectivity index (χ1) is 25.6. The Balaban J connectivity index is 1.42. The minimum atomic E-state index is -4.43. The lowest BCUT2D eigenvalue weighted by Gasteiger charge is -2.20. The lowest BCUT2D eigenvalue weighted by atomic mass is 9.98. The molecule has 0 bridgehead atoms. The van der Waals surface area contributed by atoms with E-state index in [4.69, 9.17) is 14.6 Å². The van der Waals surface area contributed by atoms with E-state index >= 15 is 4.39 Å². The summed E-state index contributed by atoms with van der Waals surface area (Å²) >= 11 is 0. The number of halogens is 1. The molecule has 0 radical (unpaired) electrons. The van der Waals surface area contributed by atoms with Crippen LogP contribution in [0.5, 0.6) is 0 Å². The maximum atomic E-state index is 16.0. The maximum absolute atomic E-state index is 16.0. The normalized spacial score (nSPS) is 11.7. The number of nitrogens with one attached hydrogen (secondary N) is 1. The number of aryl methyl sites for hydroxylation is 1. The molecule has 0 unspecified atom stereocenters. The van der Waals surface area contributed by atoms with E-state index in [1.165, 1.54) is 30.3 Å². The molecular formula is C42H44FN3O7S. The van der Waals surface area contributed by atoms with E-state index in [1.807, 2.05) is 31.6 Å². The van der Waals surface area contributed by atoms with Crippen molar-refractivity contribution in [1.29, 1.82) is 0 Å². The average molecular weight is 754 g/mol. The molecule has 0 fully saturated rings. The standard InChI is InChI=1S/C42H44FN3O7S/c1-7-22-46-35(25-28-20-21-32(34(43)24-28)33-18-11-12-19-36(33)54(50,51)45-41(49)53-42(4,5)6)37(38(44-46)27(2)3)40(48)52-26-29-14-13-17-31(23-29)39(47)30-15-9-8-10-16-30/h8-21,23-24,27H,7,22,25-26H2,1-6H3,(H,45,49). The van der Waals surface area contributed by atoms with Crippen LogP contribution < -0.4 is 4.72 Å². The molecule has 5 rings (SSSR count). The molecule has 0 aliphatic carbocycles. The maximum Gasteiger partial charge on any atom is 0.421 e. The predicted molar refractivity (Wildman–Crippen MR) is 203 cm³/mol. The monoisotopic (exact) mass is 753 g/mol. The van der Waals surface area contributed by atoms with Crippen molar-refractivity contribution in [3.63, 3.8) is 0 Å². The molecule has 10 nitrogen and oxygen atoms in total. The molecule has 0 atom stereocenters. The van der Waals surface area contributed by atoms with E-state index in [9.17, 15) is 22.8 Å². The van der Waals surface area contributed by atoms with Crippen LogP contribution in [0.1, 0.15) is 103 Å². The molecule has 1 amide bonds. The number of ether oxygens (including phenoxy) is 2. The van der Waals surface area contributed by atoms with Crippen LogP contribution in [0.15, 0.2) is 102 Å². The van der Waals surface area contributed by atoms with Gasteiger partial charge in [0.2, 0.25) is 0 Å². The van der Waals surface area contributed by atoms with Crippen LogP contribution in [0, 0.1) is 5.82 Å². The zero-order chi connectivity index (χ0) is 39.2. The summed E-state index contributed by atoms with van der Waals surface area (Å²) in [6, 6.07) is 26.1. The molecule has 5 aromatic rings. The summed E-state index contributed by atoms with van der Waals surface area (Å²) in [5, 5.41) is 4.78. The molecule has 1 N–H and O–H groups in total. The summed E-state index contributed by atoms with van der Waals surface area (Å²) < 4.78 is 57.1. The summed E-state index contributed by atoms with van der Waals surface area (Å²) in [6.45, 7) is 11.1. The molecule has 0 aliphatic rings. The molecule has 4 aromatic carbocycles. The number of nitrogens with zero attached hydrogens (tertiary/aromatic N) is 2. The largest absolute Gasteiger partial charge is 0.457 e. The fraction of sp³-hybridized carbons (Fsp3) is 0.286. The number of sulfonamides is 1. The highest BCUT2D eigenvalue weighted by Crippen LogP contribution is 2.32. The molecule has 0 saturated heterocycles. The Morgan fingerprint density at radius 1 is 0.852 bits per heavy atom. The lowest BCUT2D eigenvalue weighted by molar-refractivity contribution is 0.0468. The molecule has 12 heteroatoms. The van der Waals surface area contributed by atoms with Gasteiger partial charge in [-0.05, 0) is 62.4 Å². The topological polar surface area (TPSA) is 134 Å². The smallest absolute Gasteiger partial charge is 0.421 e. The zero-order valence-electron chi connectivity index (χ0n) is 31.2. The first-order valence-electron chi connectivity index (χ1n) is 17.7. The number of esters is 1. The van der Waals surface area contributed by atoms with Crippen molar-refractivity contribution in [2.24, 2.45) is 0 Å². The number of hydrogen-bond donors (Lipinski definition) is 1. The quantitative estimate of drug-likeness (QED) is 0.0934. The van der Waals surface area contributed by atoms with Gasteiger partial charge in [0.15, 0.2) is 5.78 Å². The third-order valence-corrected chi connectivity index (χ3v) is 9.73.